The van der Waals surface area contributed by atoms with Crippen LogP contribution in [-0.4, -0.2) is 88.6 Å². The SMILES string of the molecule is CC(C)C[C@H](NC(=O)[C@H](C)NC(=O)[C@@H](NC(=O)[C@H](CC(C)C)NC(=O)CNC(=O)[C@@H](N)Cc1ccccc1)[C@@H](C)O)C(=O)O. The van der Waals surface area contributed by atoms with E-state index in [4.69, 9.17) is 5.73 Å². The van der Waals surface area contributed by atoms with Crippen molar-refractivity contribution in [3.05, 3.63) is 35.9 Å². The maximum Gasteiger partial charge on any atom is 0.326 e. The van der Waals surface area contributed by atoms with Crippen molar-refractivity contribution in [1.29, 1.82) is 0 Å². The summed E-state index contributed by atoms with van der Waals surface area (Å²) in [5, 5.41) is 31.8. The van der Waals surface area contributed by atoms with Gasteiger partial charge in [-0.25, -0.2) is 4.79 Å². The first-order valence-electron chi connectivity index (χ1n) is 14.7. The van der Waals surface area contributed by atoms with Crippen LogP contribution in [0, 0.1) is 11.8 Å². The summed E-state index contributed by atoms with van der Waals surface area (Å²) in [4.78, 5) is 75.2. The van der Waals surface area contributed by atoms with Gasteiger partial charge in [-0.15, -0.1) is 0 Å². The molecule has 0 saturated carbocycles. The second kappa shape index (κ2) is 18.6. The fourth-order valence-electron chi connectivity index (χ4n) is 4.22. The van der Waals surface area contributed by atoms with Gasteiger partial charge in [0.15, 0.2) is 0 Å². The van der Waals surface area contributed by atoms with Gasteiger partial charge in [0.05, 0.1) is 18.7 Å². The number of aliphatic carboxylic acids is 1. The number of nitrogens with one attached hydrogen (secondary N) is 5. The van der Waals surface area contributed by atoms with Crippen LogP contribution in [0.2, 0.25) is 0 Å². The van der Waals surface area contributed by atoms with E-state index in [0.717, 1.165) is 5.56 Å². The first-order valence-corrected chi connectivity index (χ1v) is 14.7. The fraction of sp³-hybridized carbons (Fsp3) is 0.600. The number of benzene rings is 1. The van der Waals surface area contributed by atoms with Gasteiger partial charge < -0.3 is 42.5 Å². The maximum atomic E-state index is 13.2. The highest BCUT2D eigenvalue weighted by molar-refractivity contribution is 5.95. The highest BCUT2D eigenvalue weighted by Crippen LogP contribution is 2.08. The van der Waals surface area contributed by atoms with Gasteiger partial charge in [0.25, 0.3) is 0 Å². The van der Waals surface area contributed by atoms with E-state index in [-0.39, 0.29) is 31.1 Å². The van der Waals surface area contributed by atoms with Gasteiger partial charge in [-0.05, 0) is 50.5 Å². The van der Waals surface area contributed by atoms with Crippen molar-refractivity contribution in [3.8, 4) is 0 Å². The Bertz CT molecular complexity index is 1130. The normalized spacial score (nSPS) is 15.2. The van der Waals surface area contributed by atoms with Crippen LogP contribution in [0.1, 0.15) is 59.9 Å². The Morgan fingerprint density at radius 3 is 1.82 bits per heavy atom. The van der Waals surface area contributed by atoms with Gasteiger partial charge in [-0.1, -0.05) is 58.0 Å². The Morgan fingerprint density at radius 2 is 1.30 bits per heavy atom. The molecule has 5 amide bonds. The molecule has 1 rings (SSSR count). The van der Waals surface area contributed by atoms with Crippen molar-refractivity contribution in [1.82, 2.24) is 26.6 Å². The summed E-state index contributed by atoms with van der Waals surface area (Å²) in [6.45, 7) is 9.41. The number of amides is 5. The summed E-state index contributed by atoms with van der Waals surface area (Å²) >= 11 is 0. The lowest BCUT2D eigenvalue weighted by atomic mass is 10.0. The lowest BCUT2D eigenvalue weighted by Crippen LogP contribution is -2.60. The lowest BCUT2D eigenvalue weighted by molar-refractivity contribution is -0.142. The molecule has 0 heterocycles. The number of carbonyl (C=O) groups is 6. The van der Waals surface area contributed by atoms with E-state index in [1.54, 1.807) is 13.8 Å². The van der Waals surface area contributed by atoms with Crippen LogP contribution >= 0.6 is 0 Å². The standard InChI is InChI=1S/C30H48N6O8/c1-16(2)12-22(34-24(38)15-32-27(40)21(31)14-20-10-8-7-9-11-20)28(41)36-25(19(6)37)29(42)33-18(5)26(39)35-23(30(43)44)13-17(3)4/h7-11,16-19,21-23,25,37H,12-15,31H2,1-6H3,(H,32,40)(H,33,42)(H,34,38)(H,35,39)(H,36,41)(H,43,44)/t18-,19+,21-,22-,23-,25-/m0/s1. The predicted molar refractivity (Wildman–Crippen MR) is 163 cm³/mol. The fourth-order valence-corrected chi connectivity index (χ4v) is 4.22. The van der Waals surface area contributed by atoms with E-state index in [2.05, 4.69) is 26.6 Å². The molecule has 0 radical (unpaired) electrons. The topological polar surface area (TPSA) is 229 Å². The maximum absolute atomic E-state index is 13.2. The third kappa shape index (κ3) is 14.0. The van der Waals surface area contributed by atoms with E-state index in [9.17, 15) is 39.0 Å². The average Bonchev–Trinajstić information content (AvgIpc) is 2.93. The molecule has 0 aliphatic carbocycles. The van der Waals surface area contributed by atoms with Crippen LogP contribution in [-0.2, 0) is 35.2 Å². The number of carboxylic acid groups (broad SMARTS) is 1. The van der Waals surface area contributed by atoms with Crippen LogP contribution in [0.5, 0.6) is 0 Å². The number of hydrogen-bond acceptors (Lipinski definition) is 8. The molecule has 0 aliphatic heterocycles. The summed E-state index contributed by atoms with van der Waals surface area (Å²) in [5.41, 5.74) is 6.81. The van der Waals surface area contributed by atoms with E-state index in [0.29, 0.717) is 0 Å². The van der Waals surface area contributed by atoms with E-state index in [1.807, 2.05) is 44.2 Å². The van der Waals surface area contributed by atoms with E-state index >= 15 is 0 Å². The Balaban J connectivity index is 2.80. The zero-order chi connectivity index (χ0) is 33.6. The van der Waals surface area contributed by atoms with Crippen LogP contribution in [0.25, 0.3) is 0 Å². The summed E-state index contributed by atoms with van der Waals surface area (Å²) in [6, 6.07) is 3.30. The predicted octanol–water partition coefficient (Wildman–Crippen LogP) is -0.811. The smallest absolute Gasteiger partial charge is 0.326 e. The summed E-state index contributed by atoms with van der Waals surface area (Å²) in [5.74, 6) is -4.90. The minimum atomic E-state index is -1.49. The molecule has 6 atom stereocenters. The highest BCUT2D eigenvalue weighted by Gasteiger charge is 2.32. The lowest BCUT2D eigenvalue weighted by Gasteiger charge is -2.27. The molecule has 246 valence electrons. The monoisotopic (exact) mass is 620 g/mol. The summed E-state index contributed by atoms with van der Waals surface area (Å²) < 4.78 is 0. The molecule has 44 heavy (non-hydrogen) atoms. The molecule has 0 spiro atoms. The van der Waals surface area contributed by atoms with Crippen LogP contribution < -0.4 is 32.3 Å². The van der Waals surface area contributed by atoms with Crippen molar-refractivity contribution in [2.45, 2.75) is 97.1 Å². The van der Waals surface area contributed by atoms with Crippen LogP contribution in [0.3, 0.4) is 0 Å². The minimum Gasteiger partial charge on any atom is -0.480 e. The van der Waals surface area contributed by atoms with Crippen molar-refractivity contribution in [3.63, 3.8) is 0 Å². The summed E-state index contributed by atoms with van der Waals surface area (Å²) in [7, 11) is 0. The molecule has 0 saturated heterocycles. The zero-order valence-electron chi connectivity index (χ0n) is 26.3. The van der Waals surface area contributed by atoms with E-state index < -0.39 is 78.4 Å². The zero-order valence-corrected chi connectivity index (χ0v) is 26.3. The molecular formula is C30H48N6O8. The van der Waals surface area contributed by atoms with Gasteiger partial charge >= 0.3 is 5.97 Å². The molecule has 9 N–H and O–H groups in total. The highest BCUT2D eigenvalue weighted by atomic mass is 16.4. The Hall–Kier alpha value is -4.04. The average molecular weight is 621 g/mol. The van der Waals surface area contributed by atoms with Crippen molar-refractivity contribution >= 4 is 35.5 Å². The van der Waals surface area contributed by atoms with Gasteiger partial charge in [0.2, 0.25) is 29.5 Å². The molecule has 14 heteroatoms. The van der Waals surface area contributed by atoms with Crippen LogP contribution in [0.15, 0.2) is 30.3 Å². The molecule has 0 aliphatic rings. The van der Waals surface area contributed by atoms with Crippen molar-refractivity contribution < 1.29 is 39.0 Å². The molecule has 1 aromatic rings. The molecule has 0 unspecified atom stereocenters. The Morgan fingerprint density at radius 1 is 0.727 bits per heavy atom. The number of rotatable bonds is 18. The van der Waals surface area contributed by atoms with Gasteiger partial charge in [0.1, 0.15) is 24.2 Å². The first-order chi connectivity index (χ1) is 20.5. The summed E-state index contributed by atoms with van der Waals surface area (Å²) in [6.07, 6.45) is -0.754. The number of carbonyl (C=O) groups excluding carboxylic acids is 5. The molecule has 0 bridgehead atoms. The quantitative estimate of drug-likeness (QED) is 0.102. The molecule has 1 aromatic carbocycles. The second-order valence-corrected chi connectivity index (χ2v) is 11.7. The van der Waals surface area contributed by atoms with Crippen molar-refractivity contribution in [2.24, 2.45) is 17.6 Å². The van der Waals surface area contributed by atoms with Crippen LogP contribution in [0.4, 0.5) is 0 Å². The Kier molecular flexibility index (Phi) is 16.0. The number of carboxylic acids is 1. The number of hydrogen-bond donors (Lipinski definition) is 8. The minimum absolute atomic E-state index is 0.0103. The number of aliphatic hydroxyl groups is 1. The Labute approximate surface area is 258 Å². The van der Waals surface area contributed by atoms with Crippen molar-refractivity contribution in [2.75, 3.05) is 6.54 Å². The molecular weight excluding hydrogens is 572 g/mol. The molecule has 0 fully saturated rings. The van der Waals surface area contributed by atoms with E-state index in [1.165, 1.54) is 13.8 Å². The largest absolute Gasteiger partial charge is 0.480 e. The first kappa shape index (κ1) is 38.0. The molecule has 14 nitrogen and oxygen atoms in total. The third-order valence-electron chi connectivity index (χ3n) is 6.55. The third-order valence-corrected chi connectivity index (χ3v) is 6.55. The number of nitrogens with two attached hydrogens (primary N) is 1. The van der Waals surface area contributed by atoms with Gasteiger partial charge in [-0.2, -0.15) is 0 Å². The van der Waals surface area contributed by atoms with Gasteiger partial charge in [0, 0.05) is 0 Å². The number of aliphatic hydroxyl groups excluding tert-OH is 1. The van der Waals surface area contributed by atoms with Gasteiger partial charge in [-0.3, -0.25) is 24.0 Å². The second-order valence-electron chi connectivity index (χ2n) is 11.7. The molecule has 0 aromatic heterocycles.